The van der Waals surface area contributed by atoms with Crippen LogP contribution in [0.5, 0.6) is 0 Å². The molecule has 0 fully saturated rings. The summed E-state index contributed by atoms with van der Waals surface area (Å²) in [5, 5.41) is 0.752. The van der Waals surface area contributed by atoms with Gasteiger partial charge >= 0.3 is 0 Å². The lowest BCUT2D eigenvalue weighted by atomic mass is 10.2. The third-order valence-corrected chi connectivity index (χ3v) is 3.70. The molecule has 3 rings (SSSR count). The molecule has 3 aromatic rings. The second-order valence-electron chi connectivity index (χ2n) is 4.62. The molecule has 0 bridgehead atoms. The van der Waals surface area contributed by atoms with Gasteiger partial charge in [-0.05, 0) is 31.5 Å². The van der Waals surface area contributed by atoms with Crippen molar-refractivity contribution in [3.05, 3.63) is 47.2 Å². The van der Waals surface area contributed by atoms with E-state index >= 15 is 0 Å². The van der Waals surface area contributed by atoms with Crippen LogP contribution in [0, 0.1) is 6.92 Å². The molecule has 0 aliphatic carbocycles. The first kappa shape index (κ1) is 15.3. The predicted molar refractivity (Wildman–Crippen MR) is 77.1 cm³/mol. The second kappa shape index (κ2) is 6.10. The second-order valence-corrected chi connectivity index (χ2v) is 5.03. The first-order chi connectivity index (χ1) is 9.17. The molecule has 20 heavy (non-hydrogen) atoms. The van der Waals surface area contributed by atoms with Crippen LogP contribution in [0.1, 0.15) is 12.5 Å². The minimum atomic E-state index is 0. The van der Waals surface area contributed by atoms with Gasteiger partial charge in [-0.15, -0.1) is 0 Å². The molecule has 1 aromatic carbocycles. The Morgan fingerprint density at radius 2 is 1.95 bits per heavy atom. The molecule has 3 nitrogen and oxygen atoms in total. The number of imidazole rings is 1. The zero-order valence-corrected chi connectivity index (χ0v) is 14.2. The van der Waals surface area contributed by atoms with Crippen LogP contribution < -0.4 is 28.5 Å². The number of fused-ring (bicyclic) bond motifs is 1. The molecule has 0 spiro atoms. The van der Waals surface area contributed by atoms with Crippen molar-refractivity contribution < 1.29 is 28.5 Å². The third-order valence-electron chi connectivity index (χ3n) is 3.29. The summed E-state index contributed by atoms with van der Waals surface area (Å²) in [6.07, 6.45) is 4.11. The van der Waals surface area contributed by atoms with E-state index in [-0.39, 0.29) is 24.0 Å². The van der Waals surface area contributed by atoms with Crippen LogP contribution in [0.25, 0.3) is 22.4 Å². The highest BCUT2D eigenvalue weighted by Crippen LogP contribution is 2.24. The Hall–Kier alpha value is -1.14. The number of rotatable bonds is 2. The van der Waals surface area contributed by atoms with Crippen molar-refractivity contribution in [3.8, 4) is 11.4 Å². The van der Waals surface area contributed by atoms with E-state index in [1.165, 1.54) is 0 Å². The molecule has 0 radical (unpaired) electrons. The fraction of sp³-hybridized carbons (Fsp3) is 0.200. The minimum Gasteiger partial charge on any atom is -1.00 e. The number of aryl methyl sites for hydroxylation is 2. The van der Waals surface area contributed by atoms with E-state index in [0.717, 1.165) is 39.6 Å². The van der Waals surface area contributed by atoms with Gasteiger partial charge in [-0.1, -0.05) is 11.6 Å². The fourth-order valence-corrected chi connectivity index (χ4v) is 2.26. The molecule has 0 saturated heterocycles. The van der Waals surface area contributed by atoms with Gasteiger partial charge in [0.25, 0.3) is 0 Å². The smallest absolute Gasteiger partial charge is 0.169 e. The normalized spacial score (nSPS) is 10.6. The standard InChI is InChI=1S/C15H14ClN3.HI/c1-3-19-6-4-11(5-7-19)15-17-13-8-10(2)12(16)9-14(13)18-15;/h4-9H,3H2,1-2H3;1H. The summed E-state index contributed by atoms with van der Waals surface area (Å²) in [6.45, 7) is 5.08. The largest absolute Gasteiger partial charge is 1.00 e. The van der Waals surface area contributed by atoms with Crippen LogP contribution in [0.3, 0.4) is 0 Å². The van der Waals surface area contributed by atoms with E-state index in [2.05, 4.69) is 46.0 Å². The monoisotopic (exact) mass is 399 g/mol. The van der Waals surface area contributed by atoms with Gasteiger partial charge in [0.1, 0.15) is 12.4 Å². The number of nitrogens with zero attached hydrogens (tertiary/aromatic N) is 2. The van der Waals surface area contributed by atoms with Crippen LogP contribution in [0.2, 0.25) is 5.02 Å². The number of hydrogen-bond acceptors (Lipinski definition) is 1. The van der Waals surface area contributed by atoms with Crippen LogP contribution in [-0.2, 0) is 6.54 Å². The van der Waals surface area contributed by atoms with Gasteiger partial charge in [0.05, 0.1) is 11.0 Å². The van der Waals surface area contributed by atoms with Crippen molar-refractivity contribution in [1.82, 2.24) is 9.97 Å². The molecular formula is C15H15ClIN3. The lowest BCUT2D eigenvalue weighted by Gasteiger charge is -1.95. The van der Waals surface area contributed by atoms with Crippen LogP contribution >= 0.6 is 11.6 Å². The number of benzene rings is 1. The Bertz CT molecular complexity index is 696. The molecule has 1 N–H and O–H groups in total. The minimum absolute atomic E-state index is 0. The van der Waals surface area contributed by atoms with Gasteiger partial charge in [-0.2, -0.15) is 0 Å². The summed E-state index contributed by atoms with van der Waals surface area (Å²) in [5.41, 5.74) is 4.05. The average molecular weight is 400 g/mol. The highest BCUT2D eigenvalue weighted by molar-refractivity contribution is 6.32. The van der Waals surface area contributed by atoms with E-state index in [4.69, 9.17) is 11.6 Å². The van der Waals surface area contributed by atoms with E-state index in [0.29, 0.717) is 0 Å². The molecule has 0 saturated carbocycles. The van der Waals surface area contributed by atoms with E-state index in [1.54, 1.807) is 0 Å². The predicted octanol–water partition coefficient (Wildman–Crippen LogP) is 0.503. The molecule has 2 heterocycles. The number of halogens is 2. The highest BCUT2D eigenvalue weighted by atomic mass is 127. The van der Waals surface area contributed by atoms with E-state index in [9.17, 15) is 0 Å². The van der Waals surface area contributed by atoms with E-state index < -0.39 is 0 Å². The maximum absolute atomic E-state index is 6.13. The van der Waals surface area contributed by atoms with Gasteiger partial charge in [0.2, 0.25) is 0 Å². The number of H-pyrrole nitrogens is 1. The SMILES string of the molecule is CC[n+]1ccc(-c2nc3cc(Cl)c(C)cc3[nH]2)cc1.[I-]. The van der Waals surface area contributed by atoms with Crippen molar-refractivity contribution in [2.45, 2.75) is 20.4 Å². The maximum atomic E-state index is 6.13. The lowest BCUT2D eigenvalue weighted by molar-refractivity contribution is -0.693. The Labute approximate surface area is 140 Å². The molecule has 2 aromatic heterocycles. The van der Waals surface area contributed by atoms with Crippen molar-refractivity contribution in [2.24, 2.45) is 0 Å². The third kappa shape index (κ3) is 2.81. The van der Waals surface area contributed by atoms with Gasteiger partial charge in [0.15, 0.2) is 12.4 Å². The summed E-state index contributed by atoms with van der Waals surface area (Å²) in [5.74, 6) is 0.875. The zero-order chi connectivity index (χ0) is 13.4. The molecule has 104 valence electrons. The van der Waals surface area contributed by atoms with Crippen molar-refractivity contribution in [1.29, 1.82) is 0 Å². The molecule has 0 aliphatic rings. The van der Waals surface area contributed by atoms with Crippen LogP contribution in [-0.4, -0.2) is 9.97 Å². The molecule has 0 aliphatic heterocycles. The number of aromatic nitrogens is 3. The van der Waals surface area contributed by atoms with E-state index in [1.807, 2.05) is 19.1 Å². The topological polar surface area (TPSA) is 32.6 Å². The van der Waals surface area contributed by atoms with Crippen molar-refractivity contribution in [2.75, 3.05) is 0 Å². The molecule has 0 unspecified atom stereocenters. The zero-order valence-electron chi connectivity index (χ0n) is 11.3. The maximum Gasteiger partial charge on any atom is 0.169 e. The number of aromatic amines is 1. The number of hydrogen-bond donors (Lipinski definition) is 1. The average Bonchev–Trinajstić information content (AvgIpc) is 2.82. The Morgan fingerprint density at radius 3 is 2.60 bits per heavy atom. The van der Waals surface area contributed by atoms with Crippen LogP contribution in [0.4, 0.5) is 0 Å². The van der Waals surface area contributed by atoms with Gasteiger partial charge in [-0.3, -0.25) is 0 Å². The van der Waals surface area contributed by atoms with Gasteiger partial charge < -0.3 is 29.0 Å². The Balaban J connectivity index is 0.00000147. The van der Waals surface area contributed by atoms with Crippen molar-refractivity contribution in [3.63, 3.8) is 0 Å². The first-order valence-electron chi connectivity index (χ1n) is 6.32. The van der Waals surface area contributed by atoms with Gasteiger partial charge in [0, 0.05) is 22.7 Å². The molecular weight excluding hydrogens is 385 g/mol. The molecule has 5 heteroatoms. The summed E-state index contributed by atoms with van der Waals surface area (Å²) in [6, 6.07) is 8.07. The Morgan fingerprint density at radius 1 is 1.25 bits per heavy atom. The molecule has 0 amide bonds. The summed E-state index contributed by atoms with van der Waals surface area (Å²) < 4.78 is 2.12. The number of pyridine rings is 1. The van der Waals surface area contributed by atoms with Gasteiger partial charge in [-0.25, -0.2) is 9.55 Å². The van der Waals surface area contributed by atoms with Crippen molar-refractivity contribution >= 4 is 22.6 Å². The summed E-state index contributed by atoms with van der Waals surface area (Å²) in [7, 11) is 0. The fourth-order valence-electron chi connectivity index (χ4n) is 2.10. The van der Waals surface area contributed by atoms with Crippen LogP contribution in [0.15, 0.2) is 36.7 Å². The lowest BCUT2D eigenvalue weighted by Crippen LogP contribution is -3.00. The number of nitrogens with one attached hydrogen (secondary N) is 1. The quantitative estimate of drug-likeness (QED) is 0.494. The highest BCUT2D eigenvalue weighted by Gasteiger charge is 2.08. The Kier molecular flexibility index (Phi) is 4.65. The summed E-state index contributed by atoms with van der Waals surface area (Å²) >= 11 is 6.13. The first-order valence-corrected chi connectivity index (χ1v) is 6.70. The molecule has 0 atom stereocenters. The summed E-state index contributed by atoms with van der Waals surface area (Å²) in [4.78, 5) is 7.93.